The number of nitrogens with zero attached hydrogens (tertiary/aromatic N) is 1. The Morgan fingerprint density at radius 2 is 1.19 bits per heavy atom. The van der Waals surface area contributed by atoms with E-state index in [1.807, 2.05) is 27.7 Å². The van der Waals surface area contributed by atoms with Gasteiger partial charge in [-0.2, -0.15) is 0 Å². The highest BCUT2D eigenvalue weighted by Gasteiger charge is 2.42. The van der Waals surface area contributed by atoms with Gasteiger partial charge in [0.05, 0.1) is 17.1 Å². The van der Waals surface area contributed by atoms with Gasteiger partial charge in [0, 0.05) is 24.5 Å². The molecule has 0 bridgehead atoms. The highest BCUT2D eigenvalue weighted by molar-refractivity contribution is 6.12. The van der Waals surface area contributed by atoms with Crippen molar-refractivity contribution in [1.82, 2.24) is 0 Å². The van der Waals surface area contributed by atoms with Gasteiger partial charge in [0.15, 0.2) is 5.58 Å². The van der Waals surface area contributed by atoms with Crippen LogP contribution >= 0.6 is 0 Å². The molecule has 1 aromatic heterocycles. The lowest BCUT2D eigenvalue weighted by molar-refractivity contribution is 0.403. The molecule has 1 heterocycles. The van der Waals surface area contributed by atoms with Crippen molar-refractivity contribution in [3.05, 3.63) is 139 Å². The minimum absolute atomic E-state index is 0.648. The second kappa shape index (κ2) is 9.34. The highest BCUT2D eigenvalue weighted by Crippen LogP contribution is 2.52. The number of fused-ring (bicyclic) bond motifs is 5. The topological polar surface area (TPSA) is 16.4 Å². The number of anilines is 3. The molecule has 0 radical (unpaired) electrons. The molecule has 0 saturated heterocycles. The summed E-state index contributed by atoms with van der Waals surface area (Å²) in [5.74, 6) is 0. The third kappa shape index (κ3) is 4.01. The van der Waals surface area contributed by atoms with E-state index in [9.17, 15) is 0 Å². The third-order valence-corrected chi connectivity index (χ3v) is 9.07. The Morgan fingerprint density at radius 1 is 0.581 bits per heavy atom. The van der Waals surface area contributed by atoms with Crippen LogP contribution in [0.5, 0.6) is 0 Å². The molecule has 0 amide bonds. The number of furan rings is 1. The fraction of sp³-hybridized carbons (Fsp3) is 0.171. The molecule has 2 heteroatoms. The summed E-state index contributed by atoms with van der Waals surface area (Å²) >= 11 is 0. The van der Waals surface area contributed by atoms with Gasteiger partial charge in [0.25, 0.3) is 0 Å². The molecule has 0 atom stereocenters. The zero-order chi connectivity index (χ0) is 31.1. The van der Waals surface area contributed by atoms with Crippen LogP contribution in [-0.4, -0.2) is 0 Å². The lowest BCUT2D eigenvalue weighted by Crippen LogP contribution is -2.17. The van der Waals surface area contributed by atoms with Crippen LogP contribution in [0.4, 0.5) is 17.1 Å². The zero-order valence-electron chi connectivity index (χ0n) is 27.0. The monoisotopic (exact) mass is 559 g/mol. The third-order valence-electron chi connectivity index (χ3n) is 9.07. The Labute approximate surface area is 256 Å². The number of benzene rings is 6. The second-order valence-corrected chi connectivity index (χ2v) is 12.7. The van der Waals surface area contributed by atoms with Crippen LogP contribution in [0.25, 0.3) is 43.8 Å². The van der Waals surface area contributed by atoms with E-state index in [0.29, 0.717) is 0 Å². The molecule has 8 rings (SSSR count). The van der Waals surface area contributed by atoms with E-state index < -0.39 is 17.2 Å². The standard InChI is InChI=1S/C41H35NO/c1-40(2)26-41(3,4)34-25-38-32(24-33(34)40)31-20-13-23-37(39(31)43-38)42(36-22-12-17-28-16-8-9-18-30(28)36)35-21-11-10-19-29(35)27-14-6-5-7-15-27/h5-25H,26H2,1-4H3/i26D2. The summed E-state index contributed by atoms with van der Waals surface area (Å²) in [6.45, 7) is 8.10. The van der Waals surface area contributed by atoms with E-state index in [1.165, 1.54) is 5.39 Å². The molecule has 1 aliphatic carbocycles. The minimum atomic E-state index is -1.41. The van der Waals surface area contributed by atoms with Gasteiger partial charge in [0.2, 0.25) is 0 Å². The first kappa shape index (κ1) is 23.7. The predicted octanol–water partition coefficient (Wildman–Crippen LogP) is 11.8. The van der Waals surface area contributed by atoms with Crippen LogP contribution in [0.15, 0.2) is 132 Å². The molecule has 0 saturated carbocycles. The molecule has 0 N–H and O–H groups in total. The smallest absolute Gasteiger partial charge is 0.159 e. The van der Waals surface area contributed by atoms with Crippen LogP contribution in [0, 0.1) is 0 Å². The fourth-order valence-corrected chi connectivity index (χ4v) is 7.28. The Balaban J connectivity index is 1.44. The van der Waals surface area contributed by atoms with Crippen molar-refractivity contribution in [2.24, 2.45) is 0 Å². The largest absolute Gasteiger partial charge is 0.454 e. The summed E-state index contributed by atoms with van der Waals surface area (Å²) in [6.07, 6.45) is -1.41. The van der Waals surface area contributed by atoms with Gasteiger partial charge in [0.1, 0.15) is 5.58 Å². The Morgan fingerprint density at radius 3 is 2.02 bits per heavy atom. The number of hydrogen-bond acceptors (Lipinski definition) is 2. The Hall–Kier alpha value is -4.82. The first-order valence-corrected chi connectivity index (χ1v) is 15.0. The molecule has 43 heavy (non-hydrogen) atoms. The van der Waals surface area contributed by atoms with Crippen molar-refractivity contribution in [3.8, 4) is 11.1 Å². The molecule has 0 spiro atoms. The van der Waals surface area contributed by atoms with Crippen LogP contribution in [-0.2, 0) is 10.8 Å². The van der Waals surface area contributed by atoms with E-state index in [0.717, 1.165) is 66.6 Å². The SMILES string of the molecule is [2H]C1([2H])C(C)(C)c2cc3oc4c(N(c5ccccc5-c5ccccc5)c5cccc6ccccc56)cccc4c3cc2C1(C)C. The van der Waals surface area contributed by atoms with Crippen molar-refractivity contribution >= 4 is 49.8 Å². The molecule has 0 unspecified atom stereocenters. The van der Waals surface area contributed by atoms with Gasteiger partial charge >= 0.3 is 0 Å². The van der Waals surface area contributed by atoms with Gasteiger partial charge in [-0.05, 0) is 69.6 Å². The Bertz CT molecular complexity index is 2260. The van der Waals surface area contributed by atoms with Crippen molar-refractivity contribution in [2.45, 2.75) is 44.9 Å². The second-order valence-electron chi connectivity index (χ2n) is 12.7. The van der Waals surface area contributed by atoms with E-state index in [1.54, 1.807) is 0 Å². The van der Waals surface area contributed by atoms with Crippen molar-refractivity contribution in [3.63, 3.8) is 0 Å². The van der Waals surface area contributed by atoms with E-state index >= 15 is 0 Å². The number of hydrogen-bond donors (Lipinski definition) is 0. The van der Waals surface area contributed by atoms with Crippen LogP contribution in [0.1, 0.15) is 47.9 Å². The summed E-state index contributed by atoms with van der Waals surface area (Å²) in [4.78, 5) is 2.34. The maximum atomic E-state index is 9.10. The van der Waals surface area contributed by atoms with Crippen LogP contribution in [0.3, 0.4) is 0 Å². The molecule has 0 aliphatic heterocycles. The quantitative estimate of drug-likeness (QED) is 0.213. The van der Waals surface area contributed by atoms with Crippen LogP contribution in [0.2, 0.25) is 0 Å². The molecule has 2 nitrogen and oxygen atoms in total. The maximum absolute atomic E-state index is 9.10. The molecule has 7 aromatic rings. The van der Waals surface area contributed by atoms with E-state index in [-0.39, 0.29) is 0 Å². The van der Waals surface area contributed by atoms with E-state index in [2.05, 4.69) is 132 Å². The zero-order valence-corrected chi connectivity index (χ0v) is 25.0. The number of para-hydroxylation sites is 2. The molecule has 0 fully saturated rings. The van der Waals surface area contributed by atoms with Gasteiger partial charge < -0.3 is 9.32 Å². The molecule has 210 valence electrons. The minimum Gasteiger partial charge on any atom is -0.454 e. The first-order valence-electron chi connectivity index (χ1n) is 16.0. The molecular formula is C41H35NO. The summed E-state index contributed by atoms with van der Waals surface area (Å²) in [5, 5.41) is 4.36. The predicted molar refractivity (Wildman–Crippen MR) is 182 cm³/mol. The summed E-state index contributed by atoms with van der Waals surface area (Å²) < 4.78 is 25.0. The van der Waals surface area contributed by atoms with Crippen molar-refractivity contribution in [1.29, 1.82) is 0 Å². The lowest BCUT2D eigenvalue weighted by Gasteiger charge is -2.29. The average Bonchev–Trinajstić information content (AvgIpc) is 3.47. The molecule has 1 aliphatic rings. The van der Waals surface area contributed by atoms with Crippen LogP contribution < -0.4 is 4.90 Å². The first-order chi connectivity index (χ1) is 21.6. The van der Waals surface area contributed by atoms with Gasteiger partial charge in [-0.3, -0.25) is 0 Å². The highest BCUT2D eigenvalue weighted by atomic mass is 16.3. The molecular weight excluding hydrogens is 522 g/mol. The van der Waals surface area contributed by atoms with Crippen molar-refractivity contribution < 1.29 is 7.16 Å². The maximum Gasteiger partial charge on any atom is 0.159 e. The van der Waals surface area contributed by atoms with Gasteiger partial charge in [-0.15, -0.1) is 0 Å². The summed E-state index contributed by atoms with van der Waals surface area (Å²) in [5.41, 5.74) is 7.72. The van der Waals surface area contributed by atoms with Gasteiger partial charge in [-0.25, -0.2) is 0 Å². The fourth-order valence-electron chi connectivity index (χ4n) is 7.28. The average molecular weight is 560 g/mol. The Kier molecular flexibility index (Phi) is 5.15. The van der Waals surface area contributed by atoms with Crippen molar-refractivity contribution in [2.75, 3.05) is 4.90 Å². The lowest BCUT2D eigenvalue weighted by atomic mass is 9.82. The molecule has 6 aromatic carbocycles. The summed E-state index contributed by atoms with van der Waals surface area (Å²) in [6, 6.07) is 44.8. The normalized spacial score (nSPS) is 17.1. The van der Waals surface area contributed by atoms with Gasteiger partial charge in [-0.1, -0.05) is 125 Å². The summed E-state index contributed by atoms with van der Waals surface area (Å²) in [7, 11) is 0. The number of rotatable bonds is 4. The van der Waals surface area contributed by atoms with E-state index in [4.69, 9.17) is 7.16 Å².